The van der Waals surface area contributed by atoms with Gasteiger partial charge in [0.05, 0.1) is 0 Å². The van der Waals surface area contributed by atoms with E-state index in [2.05, 4.69) is 21.6 Å². The first-order valence-electron chi connectivity index (χ1n) is 7.85. The van der Waals surface area contributed by atoms with Crippen molar-refractivity contribution in [1.82, 2.24) is 20.2 Å². The third-order valence-electron chi connectivity index (χ3n) is 4.90. The van der Waals surface area contributed by atoms with Crippen LogP contribution in [0.4, 0.5) is 5.69 Å². The molecule has 0 saturated heterocycles. The molecular formula is C16H21N5. The van der Waals surface area contributed by atoms with Crippen molar-refractivity contribution in [3.8, 4) is 11.4 Å². The van der Waals surface area contributed by atoms with Crippen LogP contribution in [0.15, 0.2) is 18.2 Å². The number of anilines is 1. The summed E-state index contributed by atoms with van der Waals surface area (Å²) < 4.78 is 1.99. The Morgan fingerprint density at radius 3 is 2.57 bits per heavy atom. The van der Waals surface area contributed by atoms with Crippen molar-refractivity contribution in [2.75, 3.05) is 5.73 Å². The Hall–Kier alpha value is -1.91. The van der Waals surface area contributed by atoms with Crippen molar-refractivity contribution in [3.63, 3.8) is 0 Å². The number of nitrogens with two attached hydrogens (primary N) is 1. The van der Waals surface area contributed by atoms with Crippen molar-refractivity contribution in [3.05, 3.63) is 23.8 Å². The lowest BCUT2D eigenvalue weighted by atomic mass is 9.98. The molecule has 0 bridgehead atoms. The number of nitrogen functional groups attached to an aromatic ring is 1. The molecule has 1 aromatic carbocycles. The number of benzene rings is 1. The van der Waals surface area contributed by atoms with Crippen LogP contribution >= 0.6 is 0 Å². The van der Waals surface area contributed by atoms with Gasteiger partial charge in [-0.2, -0.15) is 0 Å². The maximum atomic E-state index is 5.90. The van der Waals surface area contributed by atoms with Crippen LogP contribution in [-0.2, 0) is 6.54 Å². The van der Waals surface area contributed by atoms with Gasteiger partial charge in [0, 0.05) is 17.8 Å². The number of hydrogen-bond acceptors (Lipinski definition) is 4. The van der Waals surface area contributed by atoms with Gasteiger partial charge in [0.1, 0.15) is 0 Å². The Morgan fingerprint density at radius 2 is 1.95 bits per heavy atom. The second kappa shape index (κ2) is 4.83. The van der Waals surface area contributed by atoms with E-state index in [1.807, 2.05) is 23.7 Å². The topological polar surface area (TPSA) is 69.6 Å². The average molecular weight is 283 g/mol. The second-order valence-corrected chi connectivity index (χ2v) is 6.59. The summed E-state index contributed by atoms with van der Waals surface area (Å²) in [5.41, 5.74) is 8.84. The van der Waals surface area contributed by atoms with Gasteiger partial charge in [-0.3, -0.25) is 0 Å². The zero-order chi connectivity index (χ0) is 14.4. The highest BCUT2D eigenvalue weighted by Crippen LogP contribution is 2.50. The van der Waals surface area contributed by atoms with Crippen LogP contribution in [0, 0.1) is 24.7 Å². The fraction of sp³-hybridized carbons (Fsp3) is 0.562. The molecule has 5 nitrogen and oxygen atoms in total. The van der Waals surface area contributed by atoms with Gasteiger partial charge < -0.3 is 5.73 Å². The Bertz CT molecular complexity index is 642. The molecule has 0 radical (unpaired) electrons. The number of hydrogen-bond donors (Lipinski definition) is 1. The van der Waals surface area contributed by atoms with Crippen LogP contribution < -0.4 is 5.73 Å². The summed E-state index contributed by atoms with van der Waals surface area (Å²) in [5.74, 6) is 3.44. The summed E-state index contributed by atoms with van der Waals surface area (Å²) in [6, 6.07) is 6.01. The molecule has 2 fully saturated rings. The molecule has 0 atom stereocenters. The number of aromatic nitrogens is 4. The second-order valence-electron chi connectivity index (χ2n) is 6.59. The number of tetrazole rings is 1. The molecule has 2 aromatic rings. The summed E-state index contributed by atoms with van der Waals surface area (Å²) in [7, 11) is 0. The van der Waals surface area contributed by atoms with Crippen molar-refractivity contribution in [1.29, 1.82) is 0 Å². The molecule has 110 valence electrons. The monoisotopic (exact) mass is 283 g/mol. The maximum Gasteiger partial charge on any atom is 0.182 e. The molecule has 0 spiro atoms. The van der Waals surface area contributed by atoms with Crippen LogP contribution in [0.2, 0.25) is 0 Å². The molecule has 21 heavy (non-hydrogen) atoms. The Kier molecular flexibility index (Phi) is 2.94. The molecule has 2 N–H and O–H groups in total. The van der Waals surface area contributed by atoms with Gasteiger partial charge in [-0.1, -0.05) is 0 Å². The predicted octanol–water partition coefficient (Wildman–Crippen LogP) is 2.67. The Morgan fingerprint density at radius 1 is 1.24 bits per heavy atom. The first-order chi connectivity index (χ1) is 10.2. The minimum Gasteiger partial charge on any atom is -0.399 e. The Labute approximate surface area is 124 Å². The first-order valence-corrected chi connectivity index (χ1v) is 7.85. The van der Waals surface area contributed by atoms with Gasteiger partial charge in [-0.15, -0.1) is 5.10 Å². The molecule has 4 rings (SSSR count). The standard InChI is InChI=1S/C16H21N5/c1-10-8-13(6-7-15(10)17)16-18-19-20-21(16)9-14(11-2-3-11)12-4-5-12/h6-8,11-12,14H,2-5,9,17H2,1H3. The van der Waals surface area contributed by atoms with Crippen molar-refractivity contribution >= 4 is 5.69 Å². The van der Waals surface area contributed by atoms with E-state index in [1.54, 1.807) is 0 Å². The third-order valence-corrected chi connectivity index (χ3v) is 4.90. The van der Waals surface area contributed by atoms with E-state index >= 15 is 0 Å². The molecule has 0 unspecified atom stereocenters. The van der Waals surface area contributed by atoms with Crippen molar-refractivity contribution in [2.45, 2.75) is 39.2 Å². The highest BCUT2D eigenvalue weighted by atomic mass is 15.5. The highest BCUT2D eigenvalue weighted by molar-refractivity contribution is 5.61. The van der Waals surface area contributed by atoms with Crippen LogP contribution in [0.1, 0.15) is 31.2 Å². The summed E-state index contributed by atoms with van der Waals surface area (Å²) in [4.78, 5) is 0. The molecular weight excluding hydrogens is 262 g/mol. The molecule has 2 aliphatic carbocycles. The van der Waals surface area contributed by atoms with E-state index in [4.69, 9.17) is 5.73 Å². The molecule has 5 heteroatoms. The van der Waals surface area contributed by atoms with E-state index in [9.17, 15) is 0 Å². The van der Waals surface area contributed by atoms with E-state index in [-0.39, 0.29) is 0 Å². The van der Waals surface area contributed by atoms with Gasteiger partial charge >= 0.3 is 0 Å². The van der Waals surface area contributed by atoms with Gasteiger partial charge in [-0.25, -0.2) is 4.68 Å². The fourth-order valence-corrected chi connectivity index (χ4v) is 3.28. The molecule has 2 aliphatic rings. The fourth-order valence-electron chi connectivity index (χ4n) is 3.28. The lowest BCUT2D eigenvalue weighted by Crippen LogP contribution is -2.17. The minimum absolute atomic E-state index is 0.766. The normalized spacial score (nSPS) is 18.4. The van der Waals surface area contributed by atoms with E-state index < -0.39 is 0 Å². The zero-order valence-corrected chi connectivity index (χ0v) is 12.4. The molecule has 1 heterocycles. The minimum atomic E-state index is 0.766. The molecule has 0 amide bonds. The largest absolute Gasteiger partial charge is 0.399 e. The van der Waals surface area contributed by atoms with Gasteiger partial charge in [0.15, 0.2) is 5.82 Å². The highest BCUT2D eigenvalue weighted by Gasteiger charge is 2.41. The lowest BCUT2D eigenvalue weighted by molar-refractivity contribution is 0.331. The van der Waals surface area contributed by atoms with Crippen LogP contribution in [-0.4, -0.2) is 20.2 Å². The number of aryl methyl sites for hydroxylation is 1. The number of nitrogens with zero attached hydrogens (tertiary/aromatic N) is 4. The van der Waals surface area contributed by atoms with Crippen LogP contribution in [0.3, 0.4) is 0 Å². The van der Waals surface area contributed by atoms with Crippen LogP contribution in [0.25, 0.3) is 11.4 Å². The van der Waals surface area contributed by atoms with E-state index in [1.165, 1.54) is 25.7 Å². The quantitative estimate of drug-likeness (QED) is 0.856. The zero-order valence-electron chi connectivity index (χ0n) is 12.4. The third kappa shape index (κ3) is 2.52. The first kappa shape index (κ1) is 12.8. The number of rotatable bonds is 5. The van der Waals surface area contributed by atoms with Gasteiger partial charge in [0.25, 0.3) is 0 Å². The predicted molar refractivity (Wildman–Crippen MR) is 81.3 cm³/mol. The lowest BCUT2D eigenvalue weighted by Gasteiger charge is -2.16. The summed E-state index contributed by atoms with van der Waals surface area (Å²) in [6.07, 6.45) is 5.55. The van der Waals surface area contributed by atoms with Crippen molar-refractivity contribution in [2.24, 2.45) is 17.8 Å². The van der Waals surface area contributed by atoms with Crippen LogP contribution in [0.5, 0.6) is 0 Å². The molecule has 1 aromatic heterocycles. The van der Waals surface area contributed by atoms with E-state index in [0.29, 0.717) is 0 Å². The summed E-state index contributed by atoms with van der Waals surface area (Å²) in [6.45, 7) is 2.98. The molecule has 2 saturated carbocycles. The molecule has 0 aliphatic heterocycles. The van der Waals surface area contributed by atoms with Gasteiger partial charge in [0.2, 0.25) is 0 Å². The Balaban J connectivity index is 1.61. The van der Waals surface area contributed by atoms with E-state index in [0.717, 1.165) is 46.9 Å². The maximum absolute atomic E-state index is 5.90. The summed E-state index contributed by atoms with van der Waals surface area (Å²) in [5, 5.41) is 12.4. The smallest absolute Gasteiger partial charge is 0.182 e. The average Bonchev–Trinajstić information content (AvgIpc) is 3.39. The van der Waals surface area contributed by atoms with Gasteiger partial charge in [-0.05, 0) is 84.6 Å². The SMILES string of the molecule is Cc1cc(-c2nnnn2CC(C2CC2)C2CC2)ccc1N. The van der Waals surface area contributed by atoms with Crippen molar-refractivity contribution < 1.29 is 0 Å². The summed E-state index contributed by atoms with van der Waals surface area (Å²) >= 11 is 0.